The van der Waals surface area contributed by atoms with Gasteiger partial charge < -0.3 is 9.73 Å². The molecular weight excluding hydrogens is 234 g/mol. The molecule has 1 aromatic carbocycles. The van der Waals surface area contributed by atoms with Gasteiger partial charge in [-0.2, -0.15) is 0 Å². The van der Waals surface area contributed by atoms with Gasteiger partial charge in [-0.15, -0.1) is 0 Å². The predicted octanol–water partition coefficient (Wildman–Crippen LogP) is 3.89. The van der Waals surface area contributed by atoms with Gasteiger partial charge in [0.05, 0.1) is 0 Å². The maximum absolute atomic E-state index is 5.72. The van der Waals surface area contributed by atoms with Crippen molar-refractivity contribution < 1.29 is 4.42 Å². The number of aryl methyl sites for hydroxylation is 2. The highest BCUT2D eigenvalue weighted by atomic mass is 16.3. The molecule has 2 nitrogen and oxygen atoms in total. The van der Waals surface area contributed by atoms with E-state index in [2.05, 4.69) is 55.7 Å². The van der Waals surface area contributed by atoms with Crippen LogP contribution in [0.2, 0.25) is 0 Å². The Kier molecular flexibility index (Phi) is 2.98. The van der Waals surface area contributed by atoms with E-state index < -0.39 is 0 Å². The maximum Gasteiger partial charge on any atom is 0.105 e. The summed E-state index contributed by atoms with van der Waals surface area (Å²) in [6.07, 6.45) is 2.48. The average Bonchev–Trinajstić information content (AvgIpc) is 3.14. The molecule has 2 aromatic rings. The first-order valence-electron chi connectivity index (χ1n) is 6.97. The van der Waals surface area contributed by atoms with Gasteiger partial charge in [-0.1, -0.05) is 30.3 Å². The average molecular weight is 255 g/mol. The lowest BCUT2D eigenvalue weighted by Crippen LogP contribution is -2.29. The van der Waals surface area contributed by atoms with Gasteiger partial charge in [0, 0.05) is 17.0 Å². The van der Waals surface area contributed by atoms with E-state index in [1.54, 1.807) is 0 Å². The second-order valence-corrected chi connectivity index (χ2v) is 5.61. The van der Waals surface area contributed by atoms with Crippen molar-refractivity contribution in [2.45, 2.75) is 38.1 Å². The van der Waals surface area contributed by atoms with Gasteiger partial charge >= 0.3 is 0 Å². The SMILES string of the molecule is CNC(c1cc(C)oc1C)C1(c2ccccc2)CC1. The molecule has 1 saturated carbocycles. The maximum atomic E-state index is 5.72. The topological polar surface area (TPSA) is 25.2 Å². The smallest absolute Gasteiger partial charge is 0.105 e. The van der Waals surface area contributed by atoms with E-state index in [-0.39, 0.29) is 5.41 Å². The van der Waals surface area contributed by atoms with E-state index >= 15 is 0 Å². The highest BCUT2D eigenvalue weighted by Gasteiger charge is 2.51. The van der Waals surface area contributed by atoms with Crippen LogP contribution in [0.4, 0.5) is 0 Å². The van der Waals surface area contributed by atoms with Gasteiger partial charge in [-0.3, -0.25) is 0 Å². The molecule has 0 amide bonds. The normalized spacial score (nSPS) is 18.3. The highest BCUT2D eigenvalue weighted by molar-refractivity contribution is 5.39. The van der Waals surface area contributed by atoms with Crippen LogP contribution in [0.3, 0.4) is 0 Å². The minimum absolute atomic E-state index is 0.247. The van der Waals surface area contributed by atoms with Crippen molar-refractivity contribution >= 4 is 0 Å². The van der Waals surface area contributed by atoms with Crippen LogP contribution in [0.25, 0.3) is 0 Å². The fraction of sp³-hybridized carbons (Fsp3) is 0.412. The van der Waals surface area contributed by atoms with E-state index in [1.807, 2.05) is 6.92 Å². The molecule has 100 valence electrons. The summed E-state index contributed by atoms with van der Waals surface area (Å²) in [5, 5.41) is 3.51. The summed E-state index contributed by atoms with van der Waals surface area (Å²) in [6, 6.07) is 13.4. The summed E-state index contributed by atoms with van der Waals surface area (Å²) < 4.78 is 5.72. The fourth-order valence-corrected chi connectivity index (χ4v) is 3.32. The first kappa shape index (κ1) is 12.5. The van der Waals surface area contributed by atoms with Crippen molar-refractivity contribution in [1.82, 2.24) is 5.32 Å². The first-order chi connectivity index (χ1) is 9.17. The van der Waals surface area contributed by atoms with Crippen molar-refractivity contribution in [3.8, 4) is 0 Å². The van der Waals surface area contributed by atoms with E-state index in [4.69, 9.17) is 4.42 Å². The lowest BCUT2D eigenvalue weighted by molar-refractivity contribution is 0.443. The van der Waals surface area contributed by atoms with E-state index in [0.29, 0.717) is 6.04 Å². The Balaban J connectivity index is 2.02. The molecule has 0 saturated heterocycles. The third-order valence-electron chi connectivity index (χ3n) is 4.37. The minimum atomic E-state index is 0.247. The van der Waals surface area contributed by atoms with Crippen molar-refractivity contribution in [3.63, 3.8) is 0 Å². The molecule has 1 heterocycles. The number of rotatable bonds is 4. The van der Waals surface area contributed by atoms with Crippen LogP contribution in [0.15, 0.2) is 40.8 Å². The third kappa shape index (κ3) is 2.00. The highest BCUT2D eigenvalue weighted by Crippen LogP contribution is 2.56. The second-order valence-electron chi connectivity index (χ2n) is 5.61. The Hall–Kier alpha value is -1.54. The van der Waals surface area contributed by atoms with Gasteiger partial charge in [-0.05, 0) is 45.4 Å². The Morgan fingerprint density at radius 2 is 1.84 bits per heavy atom. The number of likely N-dealkylation sites (N-methyl/N-ethyl adjacent to an activating group) is 1. The number of furan rings is 1. The Bertz CT molecular complexity index is 566. The zero-order valence-electron chi connectivity index (χ0n) is 11.9. The second kappa shape index (κ2) is 4.53. The summed E-state index contributed by atoms with van der Waals surface area (Å²) in [6.45, 7) is 4.08. The molecule has 1 aliphatic rings. The van der Waals surface area contributed by atoms with E-state index in [9.17, 15) is 0 Å². The lowest BCUT2D eigenvalue weighted by atomic mass is 9.84. The van der Waals surface area contributed by atoms with Crippen LogP contribution >= 0.6 is 0 Å². The molecule has 0 aliphatic heterocycles. The van der Waals surface area contributed by atoms with Crippen molar-refractivity contribution in [2.24, 2.45) is 0 Å². The molecule has 1 aromatic heterocycles. The minimum Gasteiger partial charge on any atom is -0.466 e. The van der Waals surface area contributed by atoms with Crippen molar-refractivity contribution in [3.05, 3.63) is 59.0 Å². The van der Waals surface area contributed by atoms with Crippen LogP contribution in [-0.2, 0) is 5.41 Å². The van der Waals surface area contributed by atoms with Crippen LogP contribution in [0.1, 0.15) is 41.5 Å². The van der Waals surface area contributed by atoms with Gasteiger partial charge in [0.25, 0.3) is 0 Å². The zero-order chi connectivity index (χ0) is 13.5. The largest absolute Gasteiger partial charge is 0.466 e. The van der Waals surface area contributed by atoms with Gasteiger partial charge in [0.15, 0.2) is 0 Å². The summed E-state index contributed by atoms with van der Waals surface area (Å²) >= 11 is 0. The quantitative estimate of drug-likeness (QED) is 0.896. The van der Waals surface area contributed by atoms with Crippen LogP contribution in [0, 0.1) is 13.8 Å². The summed E-state index contributed by atoms with van der Waals surface area (Å²) in [4.78, 5) is 0. The zero-order valence-corrected chi connectivity index (χ0v) is 11.9. The third-order valence-corrected chi connectivity index (χ3v) is 4.37. The van der Waals surface area contributed by atoms with Crippen molar-refractivity contribution in [1.29, 1.82) is 0 Å². The predicted molar refractivity (Wildman–Crippen MR) is 77.3 cm³/mol. The fourth-order valence-electron chi connectivity index (χ4n) is 3.32. The Morgan fingerprint density at radius 3 is 2.32 bits per heavy atom. The van der Waals surface area contributed by atoms with Crippen molar-refractivity contribution in [2.75, 3.05) is 7.05 Å². The number of hydrogen-bond acceptors (Lipinski definition) is 2. The van der Waals surface area contributed by atoms with Crippen LogP contribution in [-0.4, -0.2) is 7.05 Å². The number of hydrogen-bond donors (Lipinski definition) is 1. The summed E-state index contributed by atoms with van der Waals surface area (Å²) in [5.74, 6) is 2.04. The number of nitrogens with one attached hydrogen (secondary N) is 1. The number of benzene rings is 1. The van der Waals surface area contributed by atoms with E-state index in [0.717, 1.165) is 11.5 Å². The molecule has 1 aliphatic carbocycles. The standard InChI is InChI=1S/C17H21NO/c1-12-11-15(13(2)19-12)16(18-3)17(9-10-17)14-7-5-4-6-8-14/h4-8,11,16,18H,9-10H2,1-3H3. The van der Waals surface area contributed by atoms with Crippen LogP contribution < -0.4 is 5.32 Å². The molecule has 0 bridgehead atoms. The molecule has 0 radical (unpaired) electrons. The van der Waals surface area contributed by atoms with Gasteiger partial charge in [0.2, 0.25) is 0 Å². The molecule has 0 spiro atoms. The van der Waals surface area contributed by atoms with Gasteiger partial charge in [-0.25, -0.2) is 0 Å². The Morgan fingerprint density at radius 1 is 1.16 bits per heavy atom. The molecular formula is C17H21NO. The monoisotopic (exact) mass is 255 g/mol. The van der Waals surface area contributed by atoms with Gasteiger partial charge in [0.1, 0.15) is 11.5 Å². The molecule has 1 N–H and O–H groups in total. The summed E-state index contributed by atoms with van der Waals surface area (Å²) in [5.41, 5.74) is 2.99. The Labute approximate surface area is 114 Å². The molecule has 2 heteroatoms. The summed E-state index contributed by atoms with van der Waals surface area (Å²) in [7, 11) is 2.05. The van der Waals surface area contributed by atoms with E-state index in [1.165, 1.54) is 24.0 Å². The molecule has 19 heavy (non-hydrogen) atoms. The molecule has 3 rings (SSSR count). The molecule has 1 unspecified atom stereocenters. The first-order valence-corrected chi connectivity index (χ1v) is 6.97. The molecule has 1 fully saturated rings. The van der Waals surface area contributed by atoms with Crippen LogP contribution in [0.5, 0.6) is 0 Å². The lowest BCUT2D eigenvalue weighted by Gasteiger charge is -2.27. The molecule has 1 atom stereocenters.